The molecular weight excluding hydrogens is 326 g/mol. The summed E-state index contributed by atoms with van der Waals surface area (Å²) in [5.41, 5.74) is 0.679. The number of β-amino-alcohol motifs (C(OH)–C–C–N with tert-alkyl or cyclic N) is 1. The monoisotopic (exact) mass is 351 g/mol. The molecule has 2 aliphatic rings. The molecule has 3 rings (SSSR count). The molecule has 0 radical (unpaired) electrons. The number of piperazine rings is 1. The van der Waals surface area contributed by atoms with Crippen molar-refractivity contribution in [3.05, 3.63) is 34.9 Å². The maximum Gasteiger partial charge on any atom is 0.253 e. The van der Waals surface area contributed by atoms with Gasteiger partial charge in [-0.15, -0.1) is 0 Å². The van der Waals surface area contributed by atoms with E-state index in [9.17, 15) is 4.79 Å². The minimum atomic E-state index is 0.0868. The van der Waals surface area contributed by atoms with Gasteiger partial charge in [0.1, 0.15) is 0 Å². The molecule has 0 unspecified atom stereocenters. The van der Waals surface area contributed by atoms with Gasteiger partial charge >= 0.3 is 0 Å². The van der Waals surface area contributed by atoms with Gasteiger partial charge in [-0.1, -0.05) is 17.7 Å². The molecule has 1 amide bonds. The molecule has 0 atom stereocenters. The van der Waals surface area contributed by atoms with Crippen LogP contribution in [-0.2, 0) is 0 Å². The molecule has 2 aliphatic heterocycles. The van der Waals surface area contributed by atoms with Gasteiger partial charge in [0.15, 0.2) is 0 Å². The van der Waals surface area contributed by atoms with Crippen molar-refractivity contribution in [2.24, 2.45) is 0 Å². The molecule has 1 aromatic carbocycles. The molecule has 132 valence electrons. The van der Waals surface area contributed by atoms with E-state index < -0.39 is 0 Å². The highest BCUT2D eigenvalue weighted by molar-refractivity contribution is 6.30. The molecule has 0 bridgehead atoms. The third-order valence-corrected chi connectivity index (χ3v) is 5.40. The predicted molar refractivity (Wildman–Crippen MR) is 95.5 cm³/mol. The second kappa shape index (κ2) is 8.30. The summed E-state index contributed by atoms with van der Waals surface area (Å²) in [4.78, 5) is 19.4. The van der Waals surface area contributed by atoms with E-state index in [0.29, 0.717) is 16.6 Å². The lowest BCUT2D eigenvalue weighted by atomic mass is 10.0. The van der Waals surface area contributed by atoms with Crippen molar-refractivity contribution < 1.29 is 9.90 Å². The topological polar surface area (TPSA) is 47.0 Å². The number of aliphatic hydroxyl groups excluding tert-OH is 1. The van der Waals surface area contributed by atoms with Gasteiger partial charge in [-0.25, -0.2) is 0 Å². The summed E-state index contributed by atoms with van der Waals surface area (Å²) in [6.07, 6.45) is 2.07. The van der Waals surface area contributed by atoms with Gasteiger partial charge in [0.05, 0.1) is 6.61 Å². The number of benzene rings is 1. The first-order valence-corrected chi connectivity index (χ1v) is 9.17. The smallest absolute Gasteiger partial charge is 0.253 e. The van der Waals surface area contributed by atoms with Gasteiger partial charge in [0.25, 0.3) is 5.91 Å². The number of nitrogens with zero attached hydrogens (tertiary/aromatic N) is 3. The lowest BCUT2D eigenvalue weighted by Gasteiger charge is -2.42. The Hall–Kier alpha value is -1.14. The van der Waals surface area contributed by atoms with Crippen LogP contribution in [0.2, 0.25) is 5.02 Å². The molecule has 2 fully saturated rings. The third-order valence-electron chi connectivity index (χ3n) is 5.16. The Bertz CT molecular complexity index is 553. The highest BCUT2D eigenvalue weighted by Crippen LogP contribution is 2.21. The zero-order valence-electron chi connectivity index (χ0n) is 14.0. The molecule has 0 aliphatic carbocycles. The summed E-state index contributed by atoms with van der Waals surface area (Å²) in [5.74, 6) is 0.0868. The summed E-state index contributed by atoms with van der Waals surface area (Å²) < 4.78 is 0. The van der Waals surface area contributed by atoms with Crippen LogP contribution in [0.25, 0.3) is 0 Å². The molecule has 2 heterocycles. The lowest BCUT2D eigenvalue weighted by Crippen LogP contribution is -2.54. The van der Waals surface area contributed by atoms with Gasteiger partial charge in [-0.2, -0.15) is 0 Å². The Kier molecular flexibility index (Phi) is 6.11. The van der Waals surface area contributed by atoms with Gasteiger partial charge in [-0.3, -0.25) is 14.6 Å². The normalized spacial score (nSPS) is 21.2. The number of amides is 1. The van der Waals surface area contributed by atoms with Crippen molar-refractivity contribution in [3.8, 4) is 0 Å². The predicted octanol–water partition coefficient (Wildman–Crippen LogP) is 1.55. The zero-order valence-corrected chi connectivity index (χ0v) is 14.8. The van der Waals surface area contributed by atoms with E-state index in [0.717, 1.165) is 58.7 Å². The van der Waals surface area contributed by atoms with E-state index >= 15 is 0 Å². The molecule has 24 heavy (non-hydrogen) atoms. The molecular formula is C18H26ClN3O2. The summed E-state index contributed by atoms with van der Waals surface area (Å²) in [6, 6.07) is 7.77. The number of carbonyl (C=O) groups is 1. The van der Waals surface area contributed by atoms with Crippen LogP contribution >= 0.6 is 11.6 Å². The highest BCUT2D eigenvalue weighted by atomic mass is 35.5. The Morgan fingerprint density at radius 1 is 1.12 bits per heavy atom. The fourth-order valence-electron chi connectivity index (χ4n) is 3.73. The van der Waals surface area contributed by atoms with Gasteiger partial charge in [-0.05, 0) is 31.0 Å². The number of hydrogen-bond donors (Lipinski definition) is 1. The molecule has 1 N–H and O–H groups in total. The quantitative estimate of drug-likeness (QED) is 0.894. The summed E-state index contributed by atoms with van der Waals surface area (Å²) in [5, 5.41) is 9.63. The number of carbonyl (C=O) groups excluding carboxylic acids is 1. The molecule has 6 heteroatoms. The van der Waals surface area contributed by atoms with Crippen LogP contribution < -0.4 is 0 Å². The molecule has 0 aromatic heterocycles. The Labute approximate surface area is 148 Å². The van der Waals surface area contributed by atoms with Crippen LogP contribution in [0.3, 0.4) is 0 Å². The third kappa shape index (κ3) is 4.28. The van der Waals surface area contributed by atoms with Gasteiger partial charge in [0, 0.05) is 62.4 Å². The maximum absolute atomic E-state index is 12.6. The average molecular weight is 352 g/mol. The van der Waals surface area contributed by atoms with Crippen molar-refractivity contribution in [2.45, 2.75) is 18.9 Å². The molecule has 1 aromatic rings. The van der Waals surface area contributed by atoms with Crippen LogP contribution in [0, 0.1) is 0 Å². The first-order valence-electron chi connectivity index (χ1n) is 8.79. The second-order valence-corrected chi connectivity index (χ2v) is 7.07. The van der Waals surface area contributed by atoms with E-state index in [1.165, 1.54) is 0 Å². The van der Waals surface area contributed by atoms with Crippen molar-refractivity contribution in [3.63, 3.8) is 0 Å². The fraction of sp³-hybridized carbons (Fsp3) is 0.611. The summed E-state index contributed by atoms with van der Waals surface area (Å²) in [6.45, 7) is 6.83. The standard InChI is InChI=1S/C18H26ClN3O2/c19-16-3-1-2-15(14-16)18(24)22-6-4-17(5-7-22)21-10-8-20(9-11-21)12-13-23/h1-3,14,17,23H,4-13H2. The number of aliphatic hydroxyl groups is 1. The highest BCUT2D eigenvalue weighted by Gasteiger charge is 2.29. The zero-order chi connectivity index (χ0) is 16.9. The van der Waals surface area contributed by atoms with E-state index in [1.54, 1.807) is 12.1 Å². The first kappa shape index (κ1) is 17.7. The Morgan fingerprint density at radius 3 is 2.46 bits per heavy atom. The second-order valence-electron chi connectivity index (χ2n) is 6.63. The fourth-order valence-corrected chi connectivity index (χ4v) is 3.92. The number of rotatable bonds is 4. The van der Waals surface area contributed by atoms with E-state index in [2.05, 4.69) is 9.80 Å². The molecule has 5 nitrogen and oxygen atoms in total. The number of halogens is 1. The van der Waals surface area contributed by atoms with E-state index in [-0.39, 0.29) is 12.5 Å². The van der Waals surface area contributed by atoms with Crippen LogP contribution in [0.4, 0.5) is 0 Å². The molecule has 0 spiro atoms. The van der Waals surface area contributed by atoms with Gasteiger partial charge in [0.2, 0.25) is 0 Å². The number of piperidine rings is 1. The Morgan fingerprint density at radius 2 is 1.83 bits per heavy atom. The molecule has 2 saturated heterocycles. The van der Waals surface area contributed by atoms with Crippen molar-refractivity contribution in [1.29, 1.82) is 0 Å². The van der Waals surface area contributed by atoms with Crippen LogP contribution in [0.1, 0.15) is 23.2 Å². The van der Waals surface area contributed by atoms with Gasteiger partial charge < -0.3 is 10.0 Å². The minimum absolute atomic E-state index is 0.0868. The summed E-state index contributed by atoms with van der Waals surface area (Å²) in [7, 11) is 0. The van der Waals surface area contributed by atoms with Crippen molar-refractivity contribution in [1.82, 2.24) is 14.7 Å². The van der Waals surface area contributed by atoms with Crippen molar-refractivity contribution >= 4 is 17.5 Å². The van der Waals surface area contributed by atoms with Crippen LogP contribution in [0.15, 0.2) is 24.3 Å². The molecule has 0 saturated carbocycles. The first-order chi connectivity index (χ1) is 11.7. The minimum Gasteiger partial charge on any atom is -0.395 e. The largest absolute Gasteiger partial charge is 0.395 e. The average Bonchev–Trinajstić information content (AvgIpc) is 2.62. The van der Waals surface area contributed by atoms with E-state index in [4.69, 9.17) is 16.7 Å². The number of likely N-dealkylation sites (tertiary alicyclic amines) is 1. The number of hydrogen-bond acceptors (Lipinski definition) is 4. The Balaban J connectivity index is 1.48. The SMILES string of the molecule is O=C(c1cccc(Cl)c1)N1CCC(N2CCN(CCO)CC2)CC1. The lowest BCUT2D eigenvalue weighted by molar-refractivity contribution is 0.0451. The maximum atomic E-state index is 12.6. The van der Waals surface area contributed by atoms with E-state index in [1.807, 2.05) is 17.0 Å². The van der Waals surface area contributed by atoms with Crippen LogP contribution in [0.5, 0.6) is 0 Å². The van der Waals surface area contributed by atoms with Crippen molar-refractivity contribution in [2.75, 3.05) is 52.4 Å². The van der Waals surface area contributed by atoms with Crippen LogP contribution in [-0.4, -0.2) is 84.2 Å². The summed E-state index contributed by atoms with van der Waals surface area (Å²) >= 11 is 5.99.